The van der Waals surface area contributed by atoms with Crippen LogP contribution in [0.2, 0.25) is 0 Å². The minimum absolute atomic E-state index is 0.0144. The number of hydrogen-bond donors (Lipinski definition) is 1. The van der Waals surface area contributed by atoms with Crippen molar-refractivity contribution >= 4 is 11.4 Å². The summed E-state index contributed by atoms with van der Waals surface area (Å²) in [7, 11) is 0. The lowest BCUT2D eigenvalue weighted by Crippen LogP contribution is -2.39. The minimum atomic E-state index is -0.0144. The van der Waals surface area contributed by atoms with Gasteiger partial charge in [-0.3, -0.25) is 4.79 Å². The van der Waals surface area contributed by atoms with E-state index in [1.54, 1.807) is 18.5 Å². The van der Waals surface area contributed by atoms with Gasteiger partial charge in [-0.25, -0.2) is 9.97 Å². The van der Waals surface area contributed by atoms with E-state index in [4.69, 9.17) is 4.74 Å². The number of rotatable bonds is 4. The highest BCUT2D eigenvalue weighted by molar-refractivity contribution is 5.95. The fourth-order valence-electron chi connectivity index (χ4n) is 3.27. The number of nitrogens with one attached hydrogen (secondary N) is 1. The van der Waals surface area contributed by atoms with Crippen LogP contribution >= 0.6 is 0 Å². The lowest BCUT2D eigenvalue weighted by atomic mass is 9.93. The molecule has 0 radical (unpaired) electrons. The van der Waals surface area contributed by atoms with E-state index in [2.05, 4.69) is 15.3 Å². The van der Waals surface area contributed by atoms with Crippen molar-refractivity contribution in [2.45, 2.75) is 37.8 Å². The Morgan fingerprint density at radius 2 is 1.92 bits per heavy atom. The zero-order chi connectivity index (χ0) is 17.1. The average molecular weight is 336 g/mol. The number of pyridine rings is 1. The first-order chi connectivity index (χ1) is 12.3. The molecule has 0 atom stereocenters. The fraction of sp³-hybridized carbons (Fsp3) is 0.316. The van der Waals surface area contributed by atoms with Gasteiger partial charge in [-0.05, 0) is 49.9 Å². The second-order valence-corrected chi connectivity index (χ2v) is 6.36. The van der Waals surface area contributed by atoms with Crippen molar-refractivity contribution in [2.24, 2.45) is 0 Å². The molecule has 0 bridgehead atoms. The van der Waals surface area contributed by atoms with E-state index in [0.29, 0.717) is 11.6 Å². The predicted octanol–water partition coefficient (Wildman–Crippen LogP) is 2.85. The van der Waals surface area contributed by atoms with Gasteiger partial charge >= 0.3 is 6.01 Å². The standard InChI is InChI=1S/C19H20N4O2/c24-18(14-12-16-4-1-2-11-23(16)13-14)22-15-5-7-17(8-6-15)25-19-20-9-3-10-21-19/h1-4,9-13,15,17H,5-8H2,(H,22,24). The number of aromatic nitrogens is 3. The van der Waals surface area contributed by atoms with Crippen molar-refractivity contribution in [1.82, 2.24) is 19.7 Å². The van der Waals surface area contributed by atoms with Crippen molar-refractivity contribution in [3.63, 3.8) is 0 Å². The van der Waals surface area contributed by atoms with Gasteiger partial charge in [-0.1, -0.05) is 6.07 Å². The fourth-order valence-corrected chi connectivity index (χ4v) is 3.27. The number of ether oxygens (including phenoxy) is 1. The van der Waals surface area contributed by atoms with E-state index in [1.807, 2.05) is 41.1 Å². The van der Waals surface area contributed by atoms with Crippen LogP contribution in [0.1, 0.15) is 36.0 Å². The van der Waals surface area contributed by atoms with E-state index in [1.165, 1.54) is 0 Å². The molecule has 3 aromatic rings. The molecule has 0 saturated heterocycles. The Morgan fingerprint density at radius 3 is 2.68 bits per heavy atom. The smallest absolute Gasteiger partial charge is 0.316 e. The van der Waals surface area contributed by atoms with Crippen LogP contribution in [0.15, 0.2) is 55.1 Å². The van der Waals surface area contributed by atoms with Gasteiger partial charge in [-0.2, -0.15) is 0 Å². The Balaban J connectivity index is 1.31. The average Bonchev–Trinajstić information content (AvgIpc) is 3.09. The molecule has 25 heavy (non-hydrogen) atoms. The van der Waals surface area contributed by atoms with Gasteiger partial charge in [0.2, 0.25) is 0 Å². The van der Waals surface area contributed by atoms with Crippen molar-refractivity contribution in [1.29, 1.82) is 0 Å². The molecular formula is C19H20N4O2. The molecule has 1 aliphatic carbocycles. The quantitative estimate of drug-likeness (QED) is 0.795. The summed E-state index contributed by atoms with van der Waals surface area (Å²) in [5.74, 6) is -0.0144. The van der Waals surface area contributed by atoms with Crippen LogP contribution in [0.3, 0.4) is 0 Å². The summed E-state index contributed by atoms with van der Waals surface area (Å²) in [6.07, 6.45) is 10.9. The van der Waals surface area contributed by atoms with Crippen LogP contribution in [-0.2, 0) is 0 Å². The van der Waals surface area contributed by atoms with E-state index in [0.717, 1.165) is 31.2 Å². The van der Waals surface area contributed by atoms with Gasteiger partial charge in [0.05, 0.1) is 5.56 Å². The van der Waals surface area contributed by atoms with Crippen LogP contribution in [0.4, 0.5) is 0 Å². The zero-order valence-corrected chi connectivity index (χ0v) is 13.8. The van der Waals surface area contributed by atoms with Crippen molar-refractivity contribution in [3.8, 4) is 6.01 Å². The molecule has 1 N–H and O–H groups in total. The summed E-state index contributed by atoms with van der Waals surface area (Å²) < 4.78 is 7.75. The molecule has 6 nitrogen and oxygen atoms in total. The Hall–Kier alpha value is -2.89. The van der Waals surface area contributed by atoms with Crippen LogP contribution in [0, 0.1) is 0 Å². The number of carbonyl (C=O) groups excluding carboxylic acids is 1. The molecule has 0 spiro atoms. The first-order valence-corrected chi connectivity index (χ1v) is 8.59. The molecular weight excluding hydrogens is 316 g/mol. The number of fused-ring (bicyclic) bond motifs is 1. The number of hydrogen-bond acceptors (Lipinski definition) is 4. The lowest BCUT2D eigenvalue weighted by molar-refractivity contribution is 0.0885. The topological polar surface area (TPSA) is 68.5 Å². The molecule has 0 aliphatic heterocycles. The second-order valence-electron chi connectivity index (χ2n) is 6.36. The van der Waals surface area contributed by atoms with Crippen LogP contribution in [-0.4, -0.2) is 32.4 Å². The highest BCUT2D eigenvalue weighted by Crippen LogP contribution is 2.22. The van der Waals surface area contributed by atoms with Crippen LogP contribution < -0.4 is 10.1 Å². The molecule has 128 valence electrons. The lowest BCUT2D eigenvalue weighted by Gasteiger charge is -2.28. The van der Waals surface area contributed by atoms with Gasteiger partial charge in [-0.15, -0.1) is 0 Å². The number of nitrogens with zero attached hydrogens (tertiary/aromatic N) is 3. The maximum atomic E-state index is 12.5. The molecule has 4 rings (SSSR count). The second kappa shape index (κ2) is 6.93. The largest absolute Gasteiger partial charge is 0.460 e. The van der Waals surface area contributed by atoms with Gasteiger partial charge < -0.3 is 14.5 Å². The molecule has 0 unspecified atom stereocenters. The van der Waals surface area contributed by atoms with Crippen LogP contribution in [0.5, 0.6) is 6.01 Å². The number of amides is 1. The monoisotopic (exact) mass is 336 g/mol. The third kappa shape index (κ3) is 3.63. The third-order valence-electron chi connectivity index (χ3n) is 4.59. The minimum Gasteiger partial charge on any atom is -0.460 e. The Bertz CT molecular complexity index is 821. The van der Waals surface area contributed by atoms with Gasteiger partial charge in [0.1, 0.15) is 6.10 Å². The molecule has 6 heteroatoms. The SMILES string of the molecule is O=C(NC1CCC(Oc2ncccn2)CC1)c1cc2ccccn2c1. The summed E-state index contributed by atoms with van der Waals surface area (Å²) >= 11 is 0. The summed E-state index contributed by atoms with van der Waals surface area (Å²) in [5.41, 5.74) is 1.72. The molecule has 1 amide bonds. The van der Waals surface area contributed by atoms with E-state index in [9.17, 15) is 4.79 Å². The van der Waals surface area contributed by atoms with Crippen molar-refractivity contribution in [3.05, 3.63) is 60.7 Å². The molecule has 0 aromatic carbocycles. The highest BCUT2D eigenvalue weighted by Gasteiger charge is 2.24. The Labute approximate surface area is 145 Å². The van der Waals surface area contributed by atoms with Crippen molar-refractivity contribution in [2.75, 3.05) is 0 Å². The van der Waals surface area contributed by atoms with Gasteiger partial charge in [0.15, 0.2) is 0 Å². The first kappa shape index (κ1) is 15.6. The van der Waals surface area contributed by atoms with E-state index >= 15 is 0 Å². The molecule has 3 aromatic heterocycles. The molecule has 1 saturated carbocycles. The Morgan fingerprint density at radius 1 is 1.12 bits per heavy atom. The summed E-state index contributed by atoms with van der Waals surface area (Å²) in [5, 5.41) is 3.14. The summed E-state index contributed by atoms with van der Waals surface area (Å²) in [4.78, 5) is 20.7. The van der Waals surface area contributed by atoms with Gasteiger partial charge in [0, 0.05) is 36.3 Å². The predicted molar refractivity (Wildman–Crippen MR) is 93.6 cm³/mol. The first-order valence-electron chi connectivity index (χ1n) is 8.59. The van der Waals surface area contributed by atoms with Gasteiger partial charge in [0.25, 0.3) is 5.91 Å². The number of carbonyl (C=O) groups is 1. The third-order valence-corrected chi connectivity index (χ3v) is 4.59. The van der Waals surface area contributed by atoms with Crippen molar-refractivity contribution < 1.29 is 9.53 Å². The van der Waals surface area contributed by atoms with Crippen LogP contribution in [0.25, 0.3) is 5.52 Å². The van der Waals surface area contributed by atoms with E-state index in [-0.39, 0.29) is 18.1 Å². The maximum absolute atomic E-state index is 12.5. The zero-order valence-electron chi connectivity index (χ0n) is 13.8. The highest BCUT2D eigenvalue weighted by atomic mass is 16.5. The molecule has 3 heterocycles. The summed E-state index contributed by atoms with van der Waals surface area (Å²) in [6.45, 7) is 0. The maximum Gasteiger partial charge on any atom is 0.316 e. The Kier molecular flexibility index (Phi) is 4.33. The molecule has 1 fully saturated rings. The molecule has 1 aliphatic rings. The normalized spacial score (nSPS) is 20.3. The van der Waals surface area contributed by atoms with E-state index < -0.39 is 0 Å². The summed E-state index contributed by atoms with van der Waals surface area (Å²) in [6, 6.07) is 10.2.